The van der Waals surface area contributed by atoms with Crippen molar-refractivity contribution in [1.29, 1.82) is 0 Å². The highest BCUT2D eigenvalue weighted by atomic mass is 35.5. The van der Waals surface area contributed by atoms with Gasteiger partial charge in [-0.15, -0.1) is 0 Å². The monoisotopic (exact) mass is 338 g/mol. The van der Waals surface area contributed by atoms with Gasteiger partial charge >= 0.3 is 7.12 Å². The average molecular weight is 339 g/mol. The van der Waals surface area contributed by atoms with E-state index in [0.717, 1.165) is 11.3 Å². The summed E-state index contributed by atoms with van der Waals surface area (Å²) >= 11 is 12.1. The summed E-state index contributed by atoms with van der Waals surface area (Å²) in [4.78, 5) is 0. The molecule has 2 aromatic rings. The van der Waals surface area contributed by atoms with Crippen LogP contribution in [0.3, 0.4) is 0 Å². The summed E-state index contributed by atoms with van der Waals surface area (Å²) in [6.45, 7) is 8.08. The van der Waals surface area contributed by atoms with Crippen molar-refractivity contribution in [3.05, 3.63) is 40.5 Å². The second kappa shape index (κ2) is 5.27. The Balaban J connectivity index is 1.98. The first-order valence-electron chi connectivity index (χ1n) is 7.06. The molecular weight excluding hydrogens is 322 g/mol. The van der Waals surface area contributed by atoms with Crippen LogP contribution in [0.5, 0.6) is 0 Å². The van der Waals surface area contributed by atoms with Gasteiger partial charge in [-0.05, 0) is 52.0 Å². The molecule has 0 spiro atoms. The zero-order chi connectivity index (χ0) is 16.1. The first-order chi connectivity index (χ1) is 10.2. The molecule has 1 aliphatic heterocycles. The normalized spacial score (nSPS) is 19.6. The minimum Gasteiger partial charge on any atom is -0.398 e. The van der Waals surface area contributed by atoms with Crippen molar-refractivity contribution >= 4 is 35.9 Å². The molecule has 7 heteroatoms. The van der Waals surface area contributed by atoms with Gasteiger partial charge in [0.2, 0.25) is 0 Å². The van der Waals surface area contributed by atoms with Gasteiger partial charge in [0, 0.05) is 6.20 Å². The lowest BCUT2D eigenvalue weighted by Gasteiger charge is -2.32. The molecule has 0 radical (unpaired) electrons. The van der Waals surface area contributed by atoms with E-state index in [1.165, 1.54) is 0 Å². The summed E-state index contributed by atoms with van der Waals surface area (Å²) in [5, 5.41) is 5.34. The second-order valence-electron chi connectivity index (χ2n) is 6.35. The number of benzene rings is 1. The molecule has 0 unspecified atom stereocenters. The Morgan fingerprint density at radius 1 is 1.00 bits per heavy atom. The molecule has 0 atom stereocenters. The fourth-order valence-electron chi connectivity index (χ4n) is 2.29. The van der Waals surface area contributed by atoms with Gasteiger partial charge in [-0.3, -0.25) is 0 Å². The summed E-state index contributed by atoms with van der Waals surface area (Å²) in [6, 6.07) is 7.25. The van der Waals surface area contributed by atoms with Crippen LogP contribution in [0.2, 0.25) is 10.0 Å². The van der Waals surface area contributed by atoms with Crippen LogP contribution in [0, 0.1) is 0 Å². The molecule has 1 aromatic heterocycles. The van der Waals surface area contributed by atoms with E-state index in [2.05, 4.69) is 5.10 Å². The molecule has 22 heavy (non-hydrogen) atoms. The molecule has 2 heterocycles. The number of hydrogen-bond acceptors (Lipinski definition) is 3. The van der Waals surface area contributed by atoms with Crippen LogP contribution >= 0.6 is 23.2 Å². The minimum atomic E-state index is -0.484. The SMILES string of the molecule is CC1(C)OB(c2ccnn2-c2ccc(Cl)c(Cl)c2)OC1(C)C. The van der Waals surface area contributed by atoms with Crippen LogP contribution in [0.4, 0.5) is 0 Å². The topological polar surface area (TPSA) is 36.3 Å². The van der Waals surface area contributed by atoms with E-state index in [-0.39, 0.29) is 0 Å². The van der Waals surface area contributed by atoms with E-state index in [4.69, 9.17) is 32.5 Å². The van der Waals surface area contributed by atoms with Crippen molar-refractivity contribution in [2.24, 2.45) is 0 Å². The molecule has 1 saturated heterocycles. The number of aromatic nitrogens is 2. The Bertz CT molecular complexity index is 699. The standard InChI is InChI=1S/C15H17BCl2N2O2/c1-14(2)15(3,4)22-16(21-14)13-7-8-19-20(13)10-5-6-11(17)12(18)9-10/h5-9H,1-4H3. The lowest BCUT2D eigenvalue weighted by molar-refractivity contribution is 0.00578. The molecule has 0 amide bonds. The fraction of sp³-hybridized carbons (Fsp3) is 0.400. The summed E-state index contributed by atoms with van der Waals surface area (Å²) in [5.74, 6) is 0. The highest BCUT2D eigenvalue weighted by Crippen LogP contribution is 2.36. The van der Waals surface area contributed by atoms with Gasteiger partial charge in [0.25, 0.3) is 0 Å². The molecule has 0 N–H and O–H groups in total. The van der Waals surface area contributed by atoms with Gasteiger partial charge in [-0.25, -0.2) is 4.68 Å². The van der Waals surface area contributed by atoms with Gasteiger partial charge in [-0.2, -0.15) is 5.10 Å². The third kappa shape index (κ3) is 2.56. The van der Waals surface area contributed by atoms with Crippen LogP contribution in [-0.4, -0.2) is 28.1 Å². The molecule has 0 saturated carbocycles. The van der Waals surface area contributed by atoms with Crippen LogP contribution in [0.1, 0.15) is 27.7 Å². The van der Waals surface area contributed by atoms with Crippen molar-refractivity contribution < 1.29 is 9.31 Å². The maximum atomic E-state index is 6.10. The van der Waals surface area contributed by atoms with Crippen LogP contribution in [-0.2, 0) is 9.31 Å². The first kappa shape index (κ1) is 15.9. The Kier molecular flexibility index (Phi) is 3.80. The van der Waals surface area contributed by atoms with Crippen molar-refractivity contribution in [3.8, 4) is 5.69 Å². The number of halogens is 2. The maximum absolute atomic E-state index is 6.10. The Labute approximate surface area is 140 Å². The van der Waals surface area contributed by atoms with E-state index in [9.17, 15) is 0 Å². The maximum Gasteiger partial charge on any atom is 0.514 e. The number of hydrogen-bond donors (Lipinski definition) is 0. The van der Waals surface area contributed by atoms with Crippen molar-refractivity contribution in [2.75, 3.05) is 0 Å². The molecule has 0 aliphatic carbocycles. The number of nitrogens with zero attached hydrogens (tertiary/aromatic N) is 2. The molecule has 3 rings (SSSR count). The third-order valence-corrected chi connectivity index (χ3v) is 5.05. The predicted octanol–water partition coefficient (Wildman–Crippen LogP) is 3.48. The molecule has 1 fully saturated rings. The lowest BCUT2D eigenvalue weighted by atomic mass is 9.84. The van der Waals surface area contributed by atoms with Crippen molar-refractivity contribution in [1.82, 2.24) is 9.78 Å². The third-order valence-electron chi connectivity index (χ3n) is 4.31. The van der Waals surface area contributed by atoms with Gasteiger partial charge in [-0.1, -0.05) is 23.2 Å². The molecule has 1 aromatic carbocycles. The Hall–Kier alpha value is -1.01. The minimum absolute atomic E-state index is 0.398. The van der Waals surface area contributed by atoms with Gasteiger partial charge < -0.3 is 9.31 Å². The Morgan fingerprint density at radius 2 is 1.64 bits per heavy atom. The molecule has 1 aliphatic rings. The Morgan fingerprint density at radius 3 is 2.23 bits per heavy atom. The zero-order valence-corrected chi connectivity index (χ0v) is 14.4. The second-order valence-corrected chi connectivity index (χ2v) is 7.17. The molecule has 4 nitrogen and oxygen atoms in total. The zero-order valence-electron chi connectivity index (χ0n) is 12.9. The van der Waals surface area contributed by atoms with E-state index in [1.54, 1.807) is 23.0 Å². The van der Waals surface area contributed by atoms with E-state index in [1.807, 2.05) is 39.8 Å². The smallest absolute Gasteiger partial charge is 0.398 e. The van der Waals surface area contributed by atoms with Gasteiger partial charge in [0.15, 0.2) is 0 Å². The largest absolute Gasteiger partial charge is 0.514 e. The predicted molar refractivity (Wildman–Crippen MR) is 89.3 cm³/mol. The van der Waals surface area contributed by atoms with Crippen molar-refractivity contribution in [3.63, 3.8) is 0 Å². The van der Waals surface area contributed by atoms with Crippen molar-refractivity contribution in [2.45, 2.75) is 38.9 Å². The molecule has 0 bridgehead atoms. The highest BCUT2D eigenvalue weighted by molar-refractivity contribution is 6.61. The van der Waals surface area contributed by atoms with Gasteiger partial charge in [0.1, 0.15) is 0 Å². The van der Waals surface area contributed by atoms with Crippen LogP contribution in [0.15, 0.2) is 30.5 Å². The summed E-state index contributed by atoms with van der Waals surface area (Å²) in [7, 11) is -0.484. The van der Waals surface area contributed by atoms with E-state index < -0.39 is 18.3 Å². The highest BCUT2D eigenvalue weighted by Gasteiger charge is 2.52. The average Bonchev–Trinajstić information content (AvgIpc) is 2.96. The summed E-state index contributed by atoms with van der Waals surface area (Å²) in [5.41, 5.74) is 0.829. The first-order valence-corrected chi connectivity index (χ1v) is 7.82. The van der Waals surface area contributed by atoms with E-state index >= 15 is 0 Å². The number of rotatable bonds is 2. The quantitative estimate of drug-likeness (QED) is 0.786. The lowest BCUT2D eigenvalue weighted by Crippen LogP contribution is -2.41. The van der Waals surface area contributed by atoms with Gasteiger partial charge in [0.05, 0.1) is 32.5 Å². The summed E-state index contributed by atoms with van der Waals surface area (Å²) in [6.07, 6.45) is 1.71. The summed E-state index contributed by atoms with van der Waals surface area (Å²) < 4.78 is 13.9. The van der Waals surface area contributed by atoms with Crippen LogP contribution < -0.4 is 5.59 Å². The fourth-order valence-corrected chi connectivity index (χ4v) is 2.58. The van der Waals surface area contributed by atoms with Crippen LogP contribution in [0.25, 0.3) is 5.69 Å². The van der Waals surface area contributed by atoms with E-state index in [0.29, 0.717) is 10.0 Å². The molecule has 116 valence electrons. The molecular formula is C15H17BCl2N2O2.